The smallest absolute Gasteiger partial charge is 0.164 e. The number of anilines is 1. The van der Waals surface area contributed by atoms with Crippen LogP contribution < -0.4 is 5.73 Å². The van der Waals surface area contributed by atoms with Crippen LogP contribution in [0, 0.1) is 23.1 Å². The van der Waals surface area contributed by atoms with E-state index < -0.39 is 5.82 Å². The fourth-order valence-electron chi connectivity index (χ4n) is 1.89. The second-order valence-corrected chi connectivity index (χ2v) is 4.17. The fourth-order valence-corrected chi connectivity index (χ4v) is 2.20. The molecule has 0 spiro atoms. The lowest BCUT2D eigenvalue weighted by atomic mass is 9.71. The van der Waals surface area contributed by atoms with Crippen LogP contribution in [0.25, 0.3) is 0 Å². The molecule has 0 saturated heterocycles. The minimum atomic E-state index is -0.572. The van der Waals surface area contributed by atoms with E-state index in [9.17, 15) is 4.39 Å². The molecule has 0 heterocycles. The molecule has 2 N–H and O–H groups in total. The third-order valence-corrected chi connectivity index (χ3v) is 3.37. The van der Waals surface area contributed by atoms with Crippen molar-refractivity contribution in [3.63, 3.8) is 0 Å². The number of nitriles is 1. The predicted octanol–water partition coefficient (Wildman–Crippen LogP) is 3.08. The first kappa shape index (κ1) is 10.3. The summed E-state index contributed by atoms with van der Waals surface area (Å²) in [6.07, 6.45) is 1.75. The van der Waals surface area contributed by atoms with E-state index >= 15 is 0 Å². The molecule has 1 saturated carbocycles. The summed E-state index contributed by atoms with van der Waals surface area (Å²) in [6, 6.07) is 5.42. The number of nitrogens with two attached hydrogens (primary N) is 1. The highest BCUT2D eigenvalue weighted by molar-refractivity contribution is 6.31. The third-order valence-electron chi connectivity index (χ3n) is 2.98. The second-order valence-electron chi connectivity index (χ2n) is 3.79. The monoisotopic (exact) mass is 224 g/mol. The van der Waals surface area contributed by atoms with Gasteiger partial charge in [0.2, 0.25) is 0 Å². The van der Waals surface area contributed by atoms with E-state index in [-0.39, 0.29) is 22.5 Å². The highest BCUT2D eigenvalue weighted by Gasteiger charge is 2.34. The number of hydrogen-bond donors (Lipinski definition) is 1. The van der Waals surface area contributed by atoms with Crippen LogP contribution >= 0.6 is 11.6 Å². The molecule has 0 radical (unpaired) electrons. The molecule has 0 bridgehead atoms. The Morgan fingerprint density at radius 3 is 2.73 bits per heavy atom. The largest absolute Gasteiger partial charge is 0.396 e. The van der Waals surface area contributed by atoms with Crippen molar-refractivity contribution in [2.24, 2.45) is 5.92 Å². The van der Waals surface area contributed by atoms with E-state index in [0.717, 1.165) is 12.8 Å². The van der Waals surface area contributed by atoms with Crippen LogP contribution in [-0.4, -0.2) is 0 Å². The van der Waals surface area contributed by atoms with E-state index in [4.69, 9.17) is 22.6 Å². The molecule has 1 aliphatic carbocycles. The molecule has 4 heteroatoms. The van der Waals surface area contributed by atoms with Crippen LogP contribution in [0.2, 0.25) is 5.02 Å². The Labute approximate surface area is 92.5 Å². The molecule has 0 aromatic heterocycles. The Balaban J connectivity index is 2.38. The normalized spacial score (nSPS) is 24.3. The van der Waals surface area contributed by atoms with Gasteiger partial charge in [-0.25, -0.2) is 4.39 Å². The van der Waals surface area contributed by atoms with Gasteiger partial charge < -0.3 is 5.73 Å². The second kappa shape index (κ2) is 3.71. The molecule has 15 heavy (non-hydrogen) atoms. The summed E-state index contributed by atoms with van der Waals surface area (Å²) >= 11 is 5.86. The summed E-state index contributed by atoms with van der Waals surface area (Å²) in [7, 11) is 0. The number of rotatable bonds is 1. The van der Waals surface area contributed by atoms with E-state index in [1.165, 1.54) is 6.07 Å². The summed E-state index contributed by atoms with van der Waals surface area (Å²) in [5, 5.41) is 8.89. The Kier molecular flexibility index (Phi) is 2.54. The molecule has 2 unspecified atom stereocenters. The van der Waals surface area contributed by atoms with Crippen LogP contribution in [-0.2, 0) is 0 Å². The van der Waals surface area contributed by atoms with Gasteiger partial charge in [0.05, 0.1) is 22.7 Å². The highest BCUT2D eigenvalue weighted by atomic mass is 35.5. The number of nitrogen functional groups attached to an aromatic ring is 1. The van der Waals surface area contributed by atoms with Crippen molar-refractivity contribution < 1.29 is 4.39 Å². The number of nitrogens with zero attached hydrogens (tertiary/aromatic N) is 1. The Morgan fingerprint density at radius 1 is 1.47 bits per heavy atom. The van der Waals surface area contributed by atoms with Crippen LogP contribution in [0.5, 0.6) is 0 Å². The van der Waals surface area contributed by atoms with Gasteiger partial charge >= 0.3 is 0 Å². The van der Waals surface area contributed by atoms with Crippen LogP contribution in [0.4, 0.5) is 10.1 Å². The van der Waals surface area contributed by atoms with Crippen molar-refractivity contribution in [2.75, 3.05) is 5.73 Å². The lowest BCUT2D eigenvalue weighted by Gasteiger charge is -2.32. The lowest BCUT2D eigenvalue weighted by molar-refractivity contribution is 0.324. The summed E-state index contributed by atoms with van der Waals surface area (Å²) in [4.78, 5) is 0. The topological polar surface area (TPSA) is 49.8 Å². The molecule has 1 aromatic carbocycles. The molecule has 1 aliphatic rings. The van der Waals surface area contributed by atoms with E-state index in [2.05, 4.69) is 6.07 Å². The van der Waals surface area contributed by atoms with Crippen molar-refractivity contribution in [1.82, 2.24) is 0 Å². The highest BCUT2D eigenvalue weighted by Crippen LogP contribution is 2.45. The third kappa shape index (κ3) is 1.55. The average molecular weight is 225 g/mol. The zero-order valence-electron chi connectivity index (χ0n) is 8.00. The lowest BCUT2D eigenvalue weighted by Crippen LogP contribution is -2.22. The molecule has 1 aromatic rings. The molecular weight excluding hydrogens is 215 g/mol. The van der Waals surface area contributed by atoms with Gasteiger partial charge in [0.15, 0.2) is 5.82 Å². The Bertz CT molecular complexity index is 439. The molecule has 2 nitrogen and oxygen atoms in total. The van der Waals surface area contributed by atoms with Crippen LogP contribution in [0.3, 0.4) is 0 Å². The van der Waals surface area contributed by atoms with E-state index in [1.54, 1.807) is 6.07 Å². The molecule has 2 atom stereocenters. The quantitative estimate of drug-likeness (QED) is 0.746. The molecule has 0 aliphatic heterocycles. The van der Waals surface area contributed by atoms with Crippen molar-refractivity contribution in [1.29, 1.82) is 5.26 Å². The zero-order valence-corrected chi connectivity index (χ0v) is 8.76. The van der Waals surface area contributed by atoms with Gasteiger partial charge in [-0.15, -0.1) is 0 Å². The molecule has 0 amide bonds. The zero-order chi connectivity index (χ0) is 11.0. The summed E-state index contributed by atoms with van der Waals surface area (Å²) in [6.45, 7) is 0. The average Bonchev–Trinajstić information content (AvgIpc) is 2.18. The molecule has 78 valence electrons. The molecule has 1 fully saturated rings. The van der Waals surface area contributed by atoms with Gasteiger partial charge in [0.1, 0.15) is 0 Å². The van der Waals surface area contributed by atoms with Crippen molar-refractivity contribution in [2.45, 2.75) is 18.8 Å². The Hall–Kier alpha value is -1.27. The maximum atomic E-state index is 13.4. The van der Waals surface area contributed by atoms with Crippen LogP contribution in [0.1, 0.15) is 24.3 Å². The minimum Gasteiger partial charge on any atom is -0.396 e. The summed E-state index contributed by atoms with van der Waals surface area (Å²) < 4.78 is 13.4. The van der Waals surface area contributed by atoms with E-state index in [1.807, 2.05) is 0 Å². The van der Waals surface area contributed by atoms with Crippen molar-refractivity contribution in [3.05, 3.63) is 28.5 Å². The van der Waals surface area contributed by atoms with Gasteiger partial charge in [-0.1, -0.05) is 17.7 Å². The number of benzene rings is 1. The van der Waals surface area contributed by atoms with E-state index in [0.29, 0.717) is 5.56 Å². The van der Waals surface area contributed by atoms with Gasteiger partial charge in [-0.2, -0.15) is 5.26 Å². The first-order valence-corrected chi connectivity index (χ1v) is 5.16. The predicted molar refractivity (Wildman–Crippen MR) is 56.9 cm³/mol. The maximum Gasteiger partial charge on any atom is 0.164 e. The summed E-state index contributed by atoms with van der Waals surface area (Å²) in [5.74, 6) is -0.541. The SMILES string of the molecule is N#CC1CCC1c1ccc(N)c(F)c1Cl. The first-order chi connectivity index (χ1) is 7.15. The number of hydrogen-bond acceptors (Lipinski definition) is 2. The van der Waals surface area contributed by atoms with Crippen molar-refractivity contribution >= 4 is 17.3 Å². The standard InChI is InChI=1S/C11H10ClFN2/c12-10-8(3-4-9(15)11(10)13)7-2-1-6(7)5-14/h3-4,6-7H,1-2,15H2. The Morgan fingerprint density at radius 2 is 2.20 bits per heavy atom. The van der Waals surface area contributed by atoms with Crippen molar-refractivity contribution in [3.8, 4) is 6.07 Å². The van der Waals surface area contributed by atoms with Gasteiger partial charge in [-0.05, 0) is 24.5 Å². The minimum absolute atomic E-state index is 0.0366. The van der Waals surface area contributed by atoms with Gasteiger partial charge in [0, 0.05) is 5.92 Å². The number of halogens is 2. The molecule has 2 rings (SSSR count). The maximum absolute atomic E-state index is 13.4. The van der Waals surface area contributed by atoms with Gasteiger partial charge in [-0.3, -0.25) is 0 Å². The molecular formula is C11H10ClFN2. The van der Waals surface area contributed by atoms with Crippen LogP contribution in [0.15, 0.2) is 12.1 Å². The fraction of sp³-hybridized carbons (Fsp3) is 0.364. The first-order valence-electron chi connectivity index (χ1n) is 4.78. The summed E-state index contributed by atoms with van der Waals surface area (Å²) in [5.41, 5.74) is 6.15. The van der Waals surface area contributed by atoms with Gasteiger partial charge in [0.25, 0.3) is 0 Å².